The summed E-state index contributed by atoms with van der Waals surface area (Å²) in [6, 6.07) is -0.553. The number of carbonyl (C=O) groups excluding carboxylic acids is 2. The van der Waals surface area contributed by atoms with Gasteiger partial charge in [-0.15, -0.1) is 0 Å². The van der Waals surface area contributed by atoms with Crippen LogP contribution >= 0.6 is 0 Å². The molecule has 6 nitrogen and oxygen atoms in total. The molecule has 0 rings (SSSR count). The summed E-state index contributed by atoms with van der Waals surface area (Å²) in [5.74, 6) is -0.0630. The van der Waals surface area contributed by atoms with Crippen molar-refractivity contribution in [1.29, 1.82) is 0 Å². The van der Waals surface area contributed by atoms with E-state index in [9.17, 15) is 19.8 Å². The van der Waals surface area contributed by atoms with Gasteiger partial charge in [0.2, 0.25) is 5.91 Å². The lowest BCUT2D eigenvalue weighted by Gasteiger charge is -2.22. The van der Waals surface area contributed by atoms with E-state index in [-0.39, 0.29) is 18.5 Å². The van der Waals surface area contributed by atoms with Gasteiger partial charge < -0.3 is 20.3 Å². The maximum atomic E-state index is 12.5. The van der Waals surface area contributed by atoms with E-state index in [1.807, 2.05) is 0 Å². The summed E-state index contributed by atoms with van der Waals surface area (Å²) in [4.78, 5) is 24.5. The Morgan fingerprint density at radius 3 is 1.21 bits per heavy atom. The van der Waals surface area contributed by atoms with Crippen LogP contribution < -0.4 is 5.32 Å². The quantitative estimate of drug-likeness (QED) is 0.0321. The topological polar surface area (TPSA) is 95.9 Å². The Balaban J connectivity index is 3.49. The Morgan fingerprint density at radius 1 is 0.444 bits per heavy atom. The minimum atomic E-state index is -0.674. The summed E-state index contributed by atoms with van der Waals surface area (Å²) in [6.07, 6.45) is 63.0. The second kappa shape index (κ2) is 53.0. The molecule has 0 aliphatic rings. The lowest BCUT2D eigenvalue weighted by molar-refractivity contribution is -0.143. The summed E-state index contributed by atoms with van der Waals surface area (Å²) in [6.45, 7) is 4.92. The number of aliphatic hydroxyl groups is 2. The van der Waals surface area contributed by atoms with Crippen molar-refractivity contribution in [2.24, 2.45) is 0 Å². The summed E-state index contributed by atoms with van der Waals surface area (Å²) >= 11 is 0. The van der Waals surface area contributed by atoms with Crippen LogP contribution in [0.1, 0.15) is 303 Å². The van der Waals surface area contributed by atoms with Crippen LogP contribution in [0.5, 0.6) is 0 Å². The molecule has 0 radical (unpaired) electrons. The van der Waals surface area contributed by atoms with Gasteiger partial charge in [-0.1, -0.05) is 250 Å². The predicted molar refractivity (Wildman–Crippen MR) is 273 cm³/mol. The monoisotopic (exact) mass is 888 g/mol. The summed E-state index contributed by atoms with van der Waals surface area (Å²) < 4.78 is 5.45. The minimum absolute atomic E-state index is 0.0130. The van der Waals surface area contributed by atoms with Crippen molar-refractivity contribution in [3.8, 4) is 0 Å². The normalized spacial score (nSPS) is 12.8. The molecule has 372 valence electrons. The van der Waals surface area contributed by atoms with Gasteiger partial charge in [0.15, 0.2) is 0 Å². The van der Waals surface area contributed by atoms with Crippen LogP contribution in [0.25, 0.3) is 0 Å². The molecular formula is C57H109NO5. The largest absolute Gasteiger partial charge is 0.466 e. The second-order valence-electron chi connectivity index (χ2n) is 19.3. The number of allylic oxidation sites excluding steroid dienone is 4. The van der Waals surface area contributed by atoms with E-state index >= 15 is 0 Å². The maximum Gasteiger partial charge on any atom is 0.305 e. The Morgan fingerprint density at radius 2 is 0.794 bits per heavy atom. The van der Waals surface area contributed by atoms with Crippen molar-refractivity contribution >= 4 is 11.9 Å². The molecule has 0 saturated heterocycles. The average molecular weight is 889 g/mol. The summed E-state index contributed by atoms with van der Waals surface area (Å²) in [5, 5.41) is 23.2. The van der Waals surface area contributed by atoms with E-state index in [0.717, 1.165) is 83.5 Å². The third-order valence-corrected chi connectivity index (χ3v) is 13.0. The fourth-order valence-electron chi connectivity index (χ4n) is 8.67. The SMILES string of the molecule is CCCCCCCCCCCCCCCCCC(O)C(CO)NC(=O)CCCCCCCCC/C=C\C/C=C\CCCCCOC(=O)CCCCCCCCCCCCCCCC. The zero-order valence-corrected chi connectivity index (χ0v) is 42.3. The van der Waals surface area contributed by atoms with E-state index < -0.39 is 12.1 Å². The number of hydrogen-bond acceptors (Lipinski definition) is 5. The standard InChI is InChI=1S/C57H109NO5/c1-3-5-7-9-11-13-15-17-22-25-29-33-37-41-45-49-55(60)54(53-59)58-56(61)50-46-42-38-34-30-26-23-20-19-21-24-28-32-36-40-44-48-52-63-57(62)51-47-43-39-35-31-27-18-16-14-12-10-8-6-4-2/h19,21,28,32,54-55,59-60H,3-18,20,22-27,29-31,33-53H2,1-2H3,(H,58,61)/b21-19-,32-28-. The molecular weight excluding hydrogens is 779 g/mol. The zero-order valence-electron chi connectivity index (χ0n) is 42.3. The molecule has 6 heteroatoms. The van der Waals surface area contributed by atoms with Crippen LogP contribution in [0.2, 0.25) is 0 Å². The first-order valence-electron chi connectivity index (χ1n) is 28.1. The molecule has 0 aliphatic carbocycles. The Labute approximate surface area is 392 Å². The summed E-state index contributed by atoms with van der Waals surface area (Å²) in [7, 11) is 0. The molecule has 3 N–H and O–H groups in total. The average Bonchev–Trinajstić information content (AvgIpc) is 3.28. The van der Waals surface area contributed by atoms with E-state index in [0.29, 0.717) is 25.9 Å². The van der Waals surface area contributed by atoms with E-state index in [2.05, 4.69) is 43.5 Å². The molecule has 2 unspecified atom stereocenters. The van der Waals surface area contributed by atoms with Gasteiger partial charge in [0.25, 0.3) is 0 Å². The van der Waals surface area contributed by atoms with E-state index in [1.165, 1.54) is 186 Å². The van der Waals surface area contributed by atoms with Crippen LogP contribution in [0.3, 0.4) is 0 Å². The molecule has 0 aromatic heterocycles. The van der Waals surface area contributed by atoms with Gasteiger partial charge in [0.05, 0.1) is 25.4 Å². The molecule has 0 fully saturated rings. The van der Waals surface area contributed by atoms with Crippen LogP contribution in [-0.2, 0) is 14.3 Å². The fourth-order valence-corrected chi connectivity index (χ4v) is 8.67. The van der Waals surface area contributed by atoms with E-state index in [1.54, 1.807) is 0 Å². The highest BCUT2D eigenvalue weighted by Gasteiger charge is 2.20. The Kier molecular flexibility index (Phi) is 51.6. The molecule has 1 amide bonds. The van der Waals surface area contributed by atoms with Gasteiger partial charge >= 0.3 is 5.97 Å². The highest BCUT2D eigenvalue weighted by Crippen LogP contribution is 2.17. The smallest absolute Gasteiger partial charge is 0.305 e. The van der Waals surface area contributed by atoms with Gasteiger partial charge in [0, 0.05) is 12.8 Å². The van der Waals surface area contributed by atoms with E-state index in [4.69, 9.17) is 4.74 Å². The fraction of sp³-hybridized carbons (Fsp3) is 0.895. The van der Waals surface area contributed by atoms with Crippen molar-refractivity contribution in [3.63, 3.8) is 0 Å². The van der Waals surface area contributed by atoms with Crippen molar-refractivity contribution < 1.29 is 24.5 Å². The molecule has 0 heterocycles. The number of ether oxygens (including phenoxy) is 1. The van der Waals surface area contributed by atoms with Gasteiger partial charge in [-0.05, 0) is 64.2 Å². The highest BCUT2D eigenvalue weighted by atomic mass is 16.5. The summed E-state index contributed by atoms with van der Waals surface area (Å²) in [5.41, 5.74) is 0. The molecule has 0 saturated carbocycles. The number of unbranched alkanes of at least 4 members (excludes halogenated alkanes) is 37. The van der Waals surface area contributed by atoms with Crippen molar-refractivity contribution in [2.75, 3.05) is 13.2 Å². The Hall–Kier alpha value is -1.66. The number of amides is 1. The third-order valence-electron chi connectivity index (χ3n) is 13.0. The number of carbonyl (C=O) groups is 2. The van der Waals surface area contributed by atoms with Crippen molar-refractivity contribution in [2.45, 2.75) is 315 Å². The van der Waals surface area contributed by atoms with Crippen molar-refractivity contribution in [3.05, 3.63) is 24.3 Å². The number of hydrogen-bond donors (Lipinski definition) is 3. The van der Waals surface area contributed by atoms with Gasteiger partial charge in [-0.25, -0.2) is 0 Å². The lowest BCUT2D eigenvalue weighted by atomic mass is 10.0. The molecule has 0 bridgehead atoms. The highest BCUT2D eigenvalue weighted by molar-refractivity contribution is 5.76. The third kappa shape index (κ3) is 49.6. The van der Waals surface area contributed by atoms with Crippen molar-refractivity contribution in [1.82, 2.24) is 5.32 Å². The van der Waals surface area contributed by atoms with Crippen LogP contribution in [0, 0.1) is 0 Å². The minimum Gasteiger partial charge on any atom is -0.466 e. The number of esters is 1. The lowest BCUT2D eigenvalue weighted by Crippen LogP contribution is -2.45. The molecule has 63 heavy (non-hydrogen) atoms. The Bertz CT molecular complexity index is 982. The first kappa shape index (κ1) is 61.3. The van der Waals surface area contributed by atoms with Gasteiger partial charge in [-0.3, -0.25) is 9.59 Å². The zero-order chi connectivity index (χ0) is 45.8. The van der Waals surface area contributed by atoms with Crippen LogP contribution in [-0.4, -0.2) is 47.4 Å². The molecule has 0 aliphatic heterocycles. The van der Waals surface area contributed by atoms with Crippen LogP contribution in [0.4, 0.5) is 0 Å². The number of rotatable bonds is 52. The second-order valence-corrected chi connectivity index (χ2v) is 19.3. The van der Waals surface area contributed by atoms with Crippen LogP contribution in [0.15, 0.2) is 24.3 Å². The molecule has 2 atom stereocenters. The van der Waals surface area contributed by atoms with Gasteiger partial charge in [-0.2, -0.15) is 0 Å². The number of aliphatic hydroxyl groups excluding tert-OH is 2. The molecule has 0 spiro atoms. The van der Waals surface area contributed by atoms with Gasteiger partial charge in [0.1, 0.15) is 0 Å². The number of nitrogens with one attached hydrogen (secondary N) is 1. The first-order valence-corrected chi connectivity index (χ1v) is 28.1. The molecule has 0 aromatic carbocycles. The molecule has 0 aromatic rings. The maximum absolute atomic E-state index is 12.5. The predicted octanol–water partition coefficient (Wildman–Crippen LogP) is 17.1. The first-order chi connectivity index (χ1) is 31.0.